The van der Waals surface area contributed by atoms with Crippen molar-refractivity contribution >= 4 is 34.9 Å². The van der Waals surface area contributed by atoms with Gasteiger partial charge in [0.25, 0.3) is 5.91 Å². The van der Waals surface area contributed by atoms with Gasteiger partial charge in [-0.25, -0.2) is 14.8 Å². The number of nitrogens with zero attached hydrogens (tertiary/aromatic N) is 2. The number of imidazole rings is 1. The van der Waals surface area contributed by atoms with Crippen molar-refractivity contribution in [3.8, 4) is 0 Å². The second-order valence-corrected chi connectivity index (χ2v) is 6.52. The van der Waals surface area contributed by atoms with E-state index in [4.69, 9.17) is 4.42 Å². The van der Waals surface area contributed by atoms with Gasteiger partial charge >= 0.3 is 0 Å². The maximum Gasteiger partial charge on any atom is 0.271 e. The molecule has 2 heterocycles. The van der Waals surface area contributed by atoms with E-state index in [9.17, 15) is 9.18 Å². The van der Waals surface area contributed by atoms with Crippen LogP contribution < -0.4 is 5.43 Å². The highest BCUT2D eigenvalue weighted by Gasteiger charge is 2.08. The number of nitrogens with one attached hydrogen (secondary N) is 2. The molecule has 2 aromatic heterocycles. The van der Waals surface area contributed by atoms with Gasteiger partial charge in [-0.1, -0.05) is 18.2 Å². The Morgan fingerprint density at radius 2 is 2.07 bits per heavy atom. The number of amides is 1. The predicted octanol–water partition coefficient (Wildman–Crippen LogP) is 4.21. The van der Waals surface area contributed by atoms with Gasteiger partial charge < -0.3 is 9.40 Å². The minimum Gasteiger partial charge on any atom is -0.448 e. The molecule has 0 aliphatic carbocycles. The summed E-state index contributed by atoms with van der Waals surface area (Å²) in [5, 5.41) is 5.18. The molecule has 1 amide bonds. The number of halogens is 1. The third kappa shape index (κ3) is 4.06. The van der Waals surface area contributed by atoms with Crippen LogP contribution in [0.25, 0.3) is 11.0 Å². The number of para-hydroxylation sites is 2. The fraction of sp³-hybridized carbons (Fsp3) is 0. The van der Waals surface area contributed by atoms with E-state index in [0.717, 1.165) is 17.1 Å². The third-order valence-corrected chi connectivity index (χ3v) is 4.42. The number of hydrogen-bond donors (Lipinski definition) is 2. The Balaban J connectivity index is 1.39. The molecule has 0 atom stereocenters. The van der Waals surface area contributed by atoms with Gasteiger partial charge in [-0.3, -0.25) is 4.79 Å². The number of aromatic nitrogens is 2. The summed E-state index contributed by atoms with van der Waals surface area (Å²) in [5.41, 5.74) is 4.35. The van der Waals surface area contributed by atoms with E-state index in [2.05, 4.69) is 20.5 Å². The Morgan fingerprint density at radius 1 is 1.19 bits per heavy atom. The van der Waals surface area contributed by atoms with Crippen LogP contribution in [0.4, 0.5) is 4.39 Å². The normalized spacial score (nSPS) is 11.3. The van der Waals surface area contributed by atoms with E-state index in [1.54, 1.807) is 12.1 Å². The van der Waals surface area contributed by atoms with Crippen molar-refractivity contribution in [1.29, 1.82) is 0 Å². The van der Waals surface area contributed by atoms with Crippen LogP contribution in [0.2, 0.25) is 0 Å². The summed E-state index contributed by atoms with van der Waals surface area (Å²) in [4.78, 5) is 19.6. The highest BCUT2D eigenvalue weighted by molar-refractivity contribution is 7.99. The van der Waals surface area contributed by atoms with E-state index in [-0.39, 0.29) is 5.56 Å². The molecule has 0 fully saturated rings. The number of rotatable bonds is 5. The van der Waals surface area contributed by atoms with E-state index in [1.807, 2.05) is 24.3 Å². The van der Waals surface area contributed by atoms with Crippen LogP contribution in [0.15, 0.2) is 80.4 Å². The molecule has 0 aliphatic heterocycles. The van der Waals surface area contributed by atoms with Gasteiger partial charge in [0.15, 0.2) is 10.2 Å². The molecule has 0 unspecified atom stereocenters. The largest absolute Gasteiger partial charge is 0.448 e. The number of carbonyl (C=O) groups is 1. The smallest absolute Gasteiger partial charge is 0.271 e. The van der Waals surface area contributed by atoms with Gasteiger partial charge in [-0.15, -0.1) is 0 Å². The average molecular weight is 380 g/mol. The molecular formula is C19H13FN4O2S. The highest BCUT2D eigenvalue weighted by Crippen LogP contribution is 2.28. The lowest BCUT2D eigenvalue weighted by atomic mass is 10.2. The Kier molecular flexibility index (Phi) is 4.71. The molecule has 2 aromatic carbocycles. The minimum absolute atomic E-state index is 0.188. The number of H-pyrrole nitrogens is 1. The zero-order valence-electron chi connectivity index (χ0n) is 13.8. The molecule has 27 heavy (non-hydrogen) atoms. The maximum atomic E-state index is 13.1. The second-order valence-electron chi connectivity index (χ2n) is 5.53. The monoisotopic (exact) mass is 380 g/mol. The molecule has 2 N–H and O–H groups in total. The number of furan rings is 1. The van der Waals surface area contributed by atoms with Crippen LogP contribution in [0, 0.1) is 5.82 Å². The van der Waals surface area contributed by atoms with Gasteiger partial charge in [0.2, 0.25) is 0 Å². The summed E-state index contributed by atoms with van der Waals surface area (Å²) >= 11 is 1.35. The van der Waals surface area contributed by atoms with Crippen LogP contribution >= 0.6 is 11.8 Å². The number of benzene rings is 2. The molecule has 4 rings (SSSR count). The summed E-state index contributed by atoms with van der Waals surface area (Å²) in [6.07, 6.45) is 1.37. The summed E-state index contributed by atoms with van der Waals surface area (Å²) in [6.45, 7) is 0. The van der Waals surface area contributed by atoms with Crippen LogP contribution in [0.1, 0.15) is 16.1 Å². The third-order valence-electron chi connectivity index (χ3n) is 3.61. The van der Waals surface area contributed by atoms with Crippen molar-refractivity contribution in [3.05, 3.63) is 77.8 Å². The van der Waals surface area contributed by atoms with Crippen LogP contribution in [-0.4, -0.2) is 22.1 Å². The lowest BCUT2D eigenvalue weighted by Crippen LogP contribution is -2.17. The number of aromatic amines is 1. The molecule has 0 aliphatic rings. The van der Waals surface area contributed by atoms with E-state index < -0.39 is 11.7 Å². The van der Waals surface area contributed by atoms with Crippen molar-refractivity contribution in [3.63, 3.8) is 0 Å². The quantitative estimate of drug-likeness (QED) is 0.401. The first-order valence-corrected chi connectivity index (χ1v) is 8.80. The van der Waals surface area contributed by atoms with Crippen molar-refractivity contribution in [2.24, 2.45) is 5.10 Å². The SMILES string of the molecule is O=C(N/N=C/c1ccc(Sc2nc3ccccc3[nH]2)o1)c1cccc(F)c1. The van der Waals surface area contributed by atoms with Gasteiger partial charge in [0.1, 0.15) is 11.6 Å². The van der Waals surface area contributed by atoms with Crippen LogP contribution in [0.5, 0.6) is 0 Å². The minimum atomic E-state index is -0.505. The zero-order chi connectivity index (χ0) is 18.6. The molecule has 0 spiro atoms. The first kappa shape index (κ1) is 17.0. The summed E-state index contributed by atoms with van der Waals surface area (Å²) in [6, 6.07) is 16.6. The van der Waals surface area contributed by atoms with Crippen molar-refractivity contribution in [2.75, 3.05) is 0 Å². The molecule has 0 saturated heterocycles. The average Bonchev–Trinajstić information content (AvgIpc) is 3.28. The van der Waals surface area contributed by atoms with E-state index >= 15 is 0 Å². The lowest BCUT2D eigenvalue weighted by Gasteiger charge is -1.98. The molecular weight excluding hydrogens is 367 g/mol. The van der Waals surface area contributed by atoms with E-state index in [1.165, 1.54) is 36.2 Å². The highest BCUT2D eigenvalue weighted by atomic mass is 32.2. The number of hydrazone groups is 1. The van der Waals surface area contributed by atoms with Gasteiger partial charge in [0.05, 0.1) is 17.2 Å². The zero-order valence-corrected chi connectivity index (χ0v) is 14.7. The fourth-order valence-electron chi connectivity index (χ4n) is 2.38. The Bertz CT molecular complexity index is 1100. The van der Waals surface area contributed by atoms with Crippen LogP contribution in [0.3, 0.4) is 0 Å². The first-order chi connectivity index (χ1) is 13.2. The Labute approximate surface area is 157 Å². The molecule has 6 nitrogen and oxygen atoms in total. The lowest BCUT2D eigenvalue weighted by molar-refractivity contribution is 0.0954. The van der Waals surface area contributed by atoms with Gasteiger partial charge in [-0.05, 0) is 54.2 Å². The molecule has 0 bridgehead atoms. The second kappa shape index (κ2) is 7.46. The Hall–Kier alpha value is -3.39. The van der Waals surface area contributed by atoms with Gasteiger partial charge in [-0.2, -0.15) is 5.10 Å². The number of fused-ring (bicyclic) bond motifs is 1. The summed E-state index contributed by atoms with van der Waals surface area (Å²) < 4.78 is 18.8. The standard InChI is InChI=1S/C19H13FN4O2S/c20-13-5-3-4-12(10-13)18(25)24-21-11-14-8-9-17(26-14)27-19-22-15-6-1-2-7-16(15)23-19/h1-11H,(H,22,23)(H,24,25)/b21-11+. The molecule has 4 aromatic rings. The van der Waals surface area contributed by atoms with E-state index in [0.29, 0.717) is 16.0 Å². The molecule has 0 saturated carbocycles. The summed E-state index contributed by atoms with van der Waals surface area (Å²) in [7, 11) is 0. The molecule has 8 heteroatoms. The molecule has 134 valence electrons. The Morgan fingerprint density at radius 3 is 2.93 bits per heavy atom. The maximum absolute atomic E-state index is 13.1. The fourth-order valence-corrected chi connectivity index (χ4v) is 3.15. The number of carbonyl (C=O) groups excluding carboxylic acids is 1. The van der Waals surface area contributed by atoms with Crippen molar-refractivity contribution < 1.29 is 13.6 Å². The first-order valence-electron chi connectivity index (χ1n) is 7.99. The van der Waals surface area contributed by atoms with Crippen LogP contribution in [-0.2, 0) is 0 Å². The predicted molar refractivity (Wildman–Crippen MR) is 100 cm³/mol. The van der Waals surface area contributed by atoms with Crippen molar-refractivity contribution in [1.82, 2.24) is 15.4 Å². The van der Waals surface area contributed by atoms with Gasteiger partial charge in [0, 0.05) is 5.56 Å². The topological polar surface area (TPSA) is 83.3 Å². The molecule has 0 radical (unpaired) electrons. The summed E-state index contributed by atoms with van der Waals surface area (Å²) in [5.74, 6) is -0.521. The van der Waals surface area contributed by atoms with Crippen molar-refractivity contribution in [2.45, 2.75) is 10.2 Å². The number of hydrogen-bond acceptors (Lipinski definition) is 5.